The summed E-state index contributed by atoms with van der Waals surface area (Å²) in [7, 11) is 0. The Morgan fingerprint density at radius 3 is 2.22 bits per heavy atom. The molecule has 2 aromatic carbocycles. The lowest BCUT2D eigenvalue weighted by molar-refractivity contribution is -0.0470. The van der Waals surface area contributed by atoms with Gasteiger partial charge in [0.1, 0.15) is 0 Å². The van der Waals surface area contributed by atoms with Crippen LogP contribution < -0.4 is 0 Å². The minimum absolute atomic E-state index is 0.175. The van der Waals surface area contributed by atoms with Crippen molar-refractivity contribution in [2.45, 2.75) is 37.0 Å². The Labute approximate surface area is 137 Å². The molecule has 0 spiro atoms. The van der Waals surface area contributed by atoms with Crippen LogP contribution in [0.5, 0.6) is 5.75 Å². The van der Waals surface area contributed by atoms with Crippen LogP contribution in [0.15, 0.2) is 42.5 Å². The molecular weight excluding hydrogens is 325 g/mol. The fourth-order valence-corrected chi connectivity index (χ4v) is 3.73. The molecule has 2 aromatic rings. The summed E-state index contributed by atoms with van der Waals surface area (Å²) < 4.78 is 41.2. The maximum Gasteiger partial charge on any atom is 0.248 e. The zero-order valence-electron chi connectivity index (χ0n) is 12.3. The van der Waals surface area contributed by atoms with E-state index < -0.39 is 22.9 Å². The number of halogens is 4. The molecule has 3 rings (SSSR count). The van der Waals surface area contributed by atoms with E-state index in [1.165, 1.54) is 12.1 Å². The number of aromatic hydroxyl groups is 1. The lowest BCUT2D eigenvalue weighted by atomic mass is 9.64. The molecule has 0 aliphatic heterocycles. The molecule has 0 unspecified atom stereocenters. The first-order valence-corrected chi connectivity index (χ1v) is 7.84. The Morgan fingerprint density at radius 2 is 1.61 bits per heavy atom. The smallest absolute Gasteiger partial charge is 0.248 e. The van der Waals surface area contributed by atoms with E-state index in [-0.39, 0.29) is 25.7 Å². The topological polar surface area (TPSA) is 20.2 Å². The predicted octanol–water partition coefficient (Wildman–Crippen LogP) is 5.68. The van der Waals surface area contributed by atoms with Gasteiger partial charge in [-0.05, 0) is 42.2 Å². The molecule has 1 nitrogen and oxygen atoms in total. The van der Waals surface area contributed by atoms with E-state index in [9.17, 15) is 18.3 Å². The van der Waals surface area contributed by atoms with Gasteiger partial charge in [0.15, 0.2) is 11.6 Å². The van der Waals surface area contributed by atoms with Crippen molar-refractivity contribution in [1.29, 1.82) is 0 Å². The first-order valence-electron chi connectivity index (χ1n) is 7.46. The van der Waals surface area contributed by atoms with Crippen molar-refractivity contribution in [2.75, 3.05) is 0 Å². The fourth-order valence-electron chi connectivity index (χ4n) is 3.41. The highest BCUT2D eigenvalue weighted by Crippen LogP contribution is 2.51. The third-order valence-electron chi connectivity index (χ3n) is 4.72. The molecule has 0 saturated heterocycles. The van der Waals surface area contributed by atoms with Crippen LogP contribution in [0.3, 0.4) is 0 Å². The molecular formula is C18H16ClF3O. The zero-order chi connectivity index (χ0) is 16.7. The Morgan fingerprint density at radius 1 is 0.957 bits per heavy atom. The van der Waals surface area contributed by atoms with Gasteiger partial charge in [-0.2, -0.15) is 0 Å². The second-order valence-corrected chi connectivity index (χ2v) is 6.49. The van der Waals surface area contributed by atoms with Crippen LogP contribution in [0.4, 0.5) is 13.2 Å². The zero-order valence-corrected chi connectivity index (χ0v) is 13.1. The Bertz CT molecular complexity index is 720. The van der Waals surface area contributed by atoms with Crippen LogP contribution >= 0.6 is 11.6 Å². The van der Waals surface area contributed by atoms with Crippen molar-refractivity contribution in [3.05, 3.63) is 64.4 Å². The van der Waals surface area contributed by atoms with Gasteiger partial charge in [0.25, 0.3) is 0 Å². The van der Waals surface area contributed by atoms with Crippen LogP contribution in [0.2, 0.25) is 5.02 Å². The van der Waals surface area contributed by atoms with Crippen molar-refractivity contribution in [1.82, 2.24) is 0 Å². The van der Waals surface area contributed by atoms with E-state index in [0.717, 1.165) is 5.56 Å². The van der Waals surface area contributed by atoms with Crippen LogP contribution in [-0.2, 0) is 5.41 Å². The van der Waals surface area contributed by atoms with Crippen molar-refractivity contribution < 1.29 is 18.3 Å². The highest BCUT2D eigenvalue weighted by molar-refractivity contribution is 6.31. The van der Waals surface area contributed by atoms with Crippen molar-refractivity contribution >= 4 is 11.6 Å². The highest BCUT2D eigenvalue weighted by Gasteiger charge is 2.46. The van der Waals surface area contributed by atoms with E-state index in [1.807, 2.05) is 0 Å². The molecule has 122 valence electrons. The van der Waals surface area contributed by atoms with Gasteiger partial charge < -0.3 is 5.11 Å². The first kappa shape index (κ1) is 16.2. The van der Waals surface area contributed by atoms with Gasteiger partial charge in [-0.15, -0.1) is 0 Å². The fraction of sp³-hybridized carbons (Fsp3) is 0.333. The van der Waals surface area contributed by atoms with Crippen LogP contribution in [-0.4, -0.2) is 11.0 Å². The number of rotatable bonds is 2. The molecule has 1 N–H and O–H groups in total. The summed E-state index contributed by atoms with van der Waals surface area (Å²) in [5.74, 6) is -3.92. The maximum atomic E-state index is 13.8. The van der Waals surface area contributed by atoms with Crippen molar-refractivity contribution in [3.8, 4) is 5.75 Å². The molecule has 1 fully saturated rings. The molecule has 0 radical (unpaired) electrons. The summed E-state index contributed by atoms with van der Waals surface area (Å²) in [6.45, 7) is 0. The van der Waals surface area contributed by atoms with Crippen LogP contribution in [0, 0.1) is 5.82 Å². The minimum Gasteiger partial charge on any atom is -0.505 e. The van der Waals surface area contributed by atoms with E-state index in [0.29, 0.717) is 10.6 Å². The van der Waals surface area contributed by atoms with Gasteiger partial charge in [0.2, 0.25) is 5.92 Å². The van der Waals surface area contributed by atoms with E-state index >= 15 is 0 Å². The molecule has 0 atom stereocenters. The molecule has 0 amide bonds. The summed E-state index contributed by atoms with van der Waals surface area (Å²) in [4.78, 5) is 0. The summed E-state index contributed by atoms with van der Waals surface area (Å²) in [5, 5.41) is 9.89. The summed E-state index contributed by atoms with van der Waals surface area (Å²) in [5.41, 5.74) is 0.521. The number of phenols is 1. The molecule has 0 heterocycles. The van der Waals surface area contributed by atoms with Gasteiger partial charge in [0.05, 0.1) is 0 Å². The van der Waals surface area contributed by atoms with Crippen molar-refractivity contribution in [2.24, 2.45) is 0 Å². The first-order chi connectivity index (χ1) is 10.8. The Kier molecular flexibility index (Phi) is 4.05. The average Bonchev–Trinajstić information content (AvgIpc) is 2.51. The average molecular weight is 341 g/mol. The standard InChI is InChI=1S/C18H16ClF3O/c19-14-4-2-1-3-13(14)17(7-9-18(21,22)10-8-17)12-5-6-16(23)15(20)11-12/h1-6,11,23H,7-10H2. The quantitative estimate of drug-likeness (QED) is 0.745. The second kappa shape index (κ2) is 5.75. The SMILES string of the molecule is Oc1ccc(C2(c3ccccc3Cl)CCC(F)(F)CC2)cc1F. The summed E-state index contributed by atoms with van der Waals surface area (Å²) in [6, 6.07) is 11.2. The normalized spacial score (nSPS) is 19.5. The molecule has 1 aliphatic carbocycles. The van der Waals surface area contributed by atoms with E-state index in [1.54, 1.807) is 30.3 Å². The van der Waals surface area contributed by atoms with Crippen LogP contribution in [0.25, 0.3) is 0 Å². The number of hydrogen-bond acceptors (Lipinski definition) is 1. The van der Waals surface area contributed by atoms with Gasteiger partial charge in [-0.1, -0.05) is 35.9 Å². The molecule has 0 bridgehead atoms. The van der Waals surface area contributed by atoms with Gasteiger partial charge in [0, 0.05) is 23.3 Å². The van der Waals surface area contributed by atoms with Gasteiger partial charge in [-0.25, -0.2) is 13.2 Å². The number of benzene rings is 2. The lowest BCUT2D eigenvalue weighted by Gasteiger charge is -2.41. The maximum absolute atomic E-state index is 13.8. The third-order valence-corrected chi connectivity index (χ3v) is 5.05. The second-order valence-electron chi connectivity index (χ2n) is 6.08. The third kappa shape index (κ3) is 2.92. The van der Waals surface area contributed by atoms with Gasteiger partial charge in [-0.3, -0.25) is 0 Å². The Hall–Kier alpha value is -1.68. The van der Waals surface area contributed by atoms with E-state index in [4.69, 9.17) is 11.6 Å². The highest BCUT2D eigenvalue weighted by atomic mass is 35.5. The summed E-state index contributed by atoms with van der Waals surface area (Å²) in [6.07, 6.45) is -0.205. The summed E-state index contributed by atoms with van der Waals surface area (Å²) >= 11 is 6.31. The number of phenolic OH excluding ortho intramolecular Hbond substituents is 1. The van der Waals surface area contributed by atoms with Crippen LogP contribution in [0.1, 0.15) is 36.8 Å². The minimum atomic E-state index is -2.71. The number of alkyl halides is 2. The Balaban J connectivity index is 2.15. The lowest BCUT2D eigenvalue weighted by Crippen LogP contribution is -2.37. The molecule has 23 heavy (non-hydrogen) atoms. The van der Waals surface area contributed by atoms with E-state index in [2.05, 4.69) is 0 Å². The monoisotopic (exact) mass is 340 g/mol. The predicted molar refractivity (Wildman–Crippen MR) is 83.7 cm³/mol. The molecule has 5 heteroatoms. The molecule has 0 aromatic heterocycles. The molecule has 1 saturated carbocycles. The largest absolute Gasteiger partial charge is 0.505 e. The molecule has 1 aliphatic rings. The number of hydrogen-bond donors (Lipinski definition) is 1. The van der Waals surface area contributed by atoms with Crippen molar-refractivity contribution in [3.63, 3.8) is 0 Å². The van der Waals surface area contributed by atoms with Gasteiger partial charge >= 0.3 is 0 Å².